The molecule has 1 unspecified atom stereocenters. The molecule has 1 saturated heterocycles. The highest BCUT2D eigenvalue weighted by atomic mass is 16.2. The van der Waals surface area contributed by atoms with Crippen molar-refractivity contribution in [2.45, 2.75) is 45.1 Å². The Hall–Kier alpha value is -1.30. The molecule has 0 aliphatic carbocycles. The van der Waals surface area contributed by atoms with Crippen molar-refractivity contribution >= 4 is 11.8 Å². The summed E-state index contributed by atoms with van der Waals surface area (Å²) in [5.41, 5.74) is 0. The van der Waals surface area contributed by atoms with Crippen LogP contribution in [0.25, 0.3) is 0 Å². The zero-order valence-corrected chi connectivity index (χ0v) is 8.45. The van der Waals surface area contributed by atoms with Crippen molar-refractivity contribution in [2.24, 2.45) is 0 Å². The first-order chi connectivity index (χ1) is 6.66. The Morgan fingerprint density at radius 3 is 2.29 bits per heavy atom. The van der Waals surface area contributed by atoms with E-state index in [2.05, 4.69) is 5.92 Å². The number of carbonyl (C=O) groups excluding carboxylic acids is 2. The standard InChI is InChI=1S/C11H15NO2/c1-3-6-9(2)12-10(13)7-4-5-8-11(12)14/h1,9H,4-8H2,2H3. The minimum Gasteiger partial charge on any atom is -0.279 e. The van der Waals surface area contributed by atoms with E-state index in [-0.39, 0.29) is 17.9 Å². The molecule has 0 N–H and O–H groups in total. The lowest BCUT2D eigenvalue weighted by Gasteiger charge is -2.24. The Labute approximate surface area is 84.5 Å². The number of rotatable bonds is 2. The fourth-order valence-electron chi connectivity index (χ4n) is 1.69. The Morgan fingerprint density at radius 2 is 1.86 bits per heavy atom. The quantitative estimate of drug-likeness (QED) is 0.490. The fraction of sp³-hybridized carbons (Fsp3) is 0.636. The van der Waals surface area contributed by atoms with Crippen molar-refractivity contribution in [3.63, 3.8) is 0 Å². The SMILES string of the molecule is C#CCC(C)N1C(=O)CCCCC1=O. The second-order valence-corrected chi connectivity index (χ2v) is 3.62. The molecule has 1 aliphatic rings. The molecule has 0 aromatic heterocycles. The summed E-state index contributed by atoms with van der Waals surface area (Å²) in [6.07, 6.45) is 8.17. The molecular weight excluding hydrogens is 178 g/mol. The molecule has 0 aromatic carbocycles. The number of nitrogens with zero attached hydrogens (tertiary/aromatic N) is 1. The summed E-state index contributed by atoms with van der Waals surface area (Å²) in [5, 5.41) is 0. The van der Waals surface area contributed by atoms with Crippen molar-refractivity contribution in [1.82, 2.24) is 4.90 Å². The molecule has 0 spiro atoms. The van der Waals surface area contributed by atoms with Gasteiger partial charge >= 0.3 is 0 Å². The molecule has 1 aliphatic heterocycles. The van der Waals surface area contributed by atoms with E-state index in [1.54, 1.807) is 0 Å². The number of carbonyl (C=O) groups is 2. The van der Waals surface area contributed by atoms with Gasteiger partial charge in [-0.25, -0.2) is 0 Å². The van der Waals surface area contributed by atoms with Gasteiger partial charge < -0.3 is 0 Å². The van der Waals surface area contributed by atoms with Crippen LogP contribution in [0.15, 0.2) is 0 Å². The van der Waals surface area contributed by atoms with Crippen LogP contribution in [-0.2, 0) is 9.59 Å². The lowest BCUT2D eigenvalue weighted by Crippen LogP contribution is -2.41. The second kappa shape index (κ2) is 4.80. The highest BCUT2D eigenvalue weighted by Crippen LogP contribution is 2.16. The molecule has 0 saturated carbocycles. The zero-order valence-electron chi connectivity index (χ0n) is 8.45. The number of likely N-dealkylation sites (tertiary alicyclic amines) is 1. The van der Waals surface area contributed by atoms with Gasteiger partial charge in [-0.2, -0.15) is 0 Å². The molecule has 1 atom stereocenters. The summed E-state index contributed by atoms with van der Waals surface area (Å²) in [6, 6.07) is -0.155. The highest BCUT2D eigenvalue weighted by Gasteiger charge is 2.27. The molecule has 1 rings (SSSR count). The summed E-state index contributed by atoms with van der Waals surface area (Å²) in [4.78, 5) is 24.5. The van der Waals surface area contributed by atoms with Crippen LogP contribution in [0.1, 0.15) is 39.0 Å². The summed E-state index contributed by atoms with van der Waals surface area (Å²) in [7, 11) is 0. The third-order valence-electron chi connectivity index (χ3n) is 2.42. The van der Waals surface area contributed by atoms with Gasteiger partial charge in [-0.05, 0) is 19.8 Å². The maximum absolute atomic E-state index is 11.6. The van der Waals surface area contributed by atoms with Crippen LogP contribution in [-0.4, -0.2) is 22.8 Å². The first kappa shape index (κ1) is 10.8. The molecule has 0 aromatic rings. The van der Waals surface area contributed by atoms with E-state index in [1.807, 2.05) is 6.92 Å². The smallest absolute Gasteiger partial charge is 0.229 e. The van der Waals surface area contributed by atoms with Gasteiger partial charge in [0.1, 0.15) is 0 Å². The van der Waals surface area contributed by atoms with Crippen molar-refractivity contribution in [1.29, 1.82) is 0 Å². The number of terminal acetylenes is 1. The molecule has 3 heteroatoms. The van der Waals surface area contributed by atoms with E-state index in [0.29, 0.717) is 19.3 Å². The van der Waals surface area contributed by atoms with Crippen LogP contribution in [0.3, 0.4) is 0 Å². The van der Waals surface area contributed by atoms with Gasteiger partial charge in [0.25, 0.3) is 0 Å². The monoisotopic (exact) mass is 193 g/mol. The van der Waals surface area contributed by atoms with Crippen LogP contribution in [0, 0.1) is 12.3 Å². The topological polar surface area (TPSA) is 37.4 Å². The largest absolute Gasteiger partial charge is 0.279 e. The van der Waals surface area contributed by atoms with E-state index >= 15 is 0 Å². The minimum atomic E-state index is -0.155. The third kappa shape index (κ3) is 2.35. The van der Waals surface area contributed by atoms with Crippen LogP contribution in [0.2, 0.25) is 0 Å². The molecule has 14 heavy (non-hydrogen) atoms. The highest BCUT2D eigenvalue weighted by molar-refractivity contribution is 5.96. The lowest BCUT2D eigenvalue weighted by atomic mass is 10.2. The lowest BCUT2D eigenvalue weighted by molar-refractivity contribution is -0.146. The number of hydrogen-bond donors (Lipinski definition) is 0. The van der Waals surface area contributed by atoms with Crippen LogP contribution in [0.5, 0.6) is 0 Å². The maximum Gasteiger partial charge on any atom is 0.229 e. The van der Waals surface area contributed by atoms with Crippen LogP contribution >= 0.6 is 0 Å². The van der Waals surface area contributed by atoms with Crippen LogP contribution in [0.4, 0.5) is 0 Å². The molecule has 1 heterocycles. The Kier molecular flexibility index (Phi) is 3.70. The summed E-state index contributed by atoms with van der Waals surface area (Å²) < 4.78 is 0. The molecule has 0 radical (unpaired) electrons. The van der Waals surface area contributed by atoms with Gasteiger partial charge in [-0.1, -0.05) is 0 Å². The average Bonchev–Trinajstić information content (AvgIpc) is 2.28. The van der Waals surface area contributed by atoms with E-state index in [9.17, 15) is 9.59 Å². The normalized spacial score (nSPS) is 20.1. The van der Waals surface area contributed by atoms with Gasteiger partial charge in [0.15, 0.2) is 0 Å². The molecule has 2 amide bonds. The van der Waals surface area contributed by atoms with Crippen molar-refractivity contribution in [3.05, 3.63) is 0 Å². The predicted molar refractivity (Wildman–Crippen MR) is 53.2 cm³/mol. The molecule has 1 fully saturated rings. The van der Waals surface area contributed by atoms with E-state index in [0.717, 1.165) is 12.8 Å². The summed E-state index contributed by atoms with van der Waals surface area (Å²) in [6.45, 7) is 1.82. The number of amides is 2. The van der Waals surface area contributed by atoms with Crippen molar-refractivity contribution < 1.29 is 9.59 Å². The Morgan fingerprint density at radius 1 is 1.36 bits per heavy atom. The Balaban J connectivity index is 2.75. The first-order valence-electron chi connectivity index (χ1n) is 4.95. The third-order valence-corrected chi connectivity index (χ3v) is 2.42. The van der Waals surface area contributed by atoms with E-state index in [1.165, 1.54) is 4.90 Å². The second-order valence-electron chi connectivity index (χ2n) is 3.62. The Bertz CT molecular complexity index is 260. The first-order valence-corrected chi connectivity index (χ1v) is 4.95. The predicted octanol–water partition coefficient (Wildman–Crippen LogP) is 1.33. The van der Waals surface area contributed by atoms with Crippen molar-refractivity contribution in [3.8, 4) is 12.3 Å². The van der Waals surface area contributed by atoms with Gasteiger partial charge in [0.2, 0.25) is 11.8 Å². The van der Waals surface area contributed by atoms with E-state index in [4.69, 9.17) is 6.42 Å². The average molecular weight is 193 g/mol. The number of imide groups is 1. The number of hydrogen-bond acceptors (Lipinski definition) is 2. The van der Waals surface area contributed by atoms with E-state index < -0.39 is 0 Å². The summed E-state index contributed by atoms with van der Waals surface area (Å²) >= 11 is 0. The van der Waals surface area contributed by atoms with Gasteiger partial charge in [0, 0.05) is 25.3 Å². The minimum absolute atomic E-state index is 0.0738. The van der Waals surface area contributed by atoms with Gasteiger partial charge in [0.05, 0.1) is 0 Å². The maximum atomic E-state index is 11.6. The zero-order chi connectivity index (χ0) is 10.6. The molecule has 0 bridgehead atoms. The summed E-state index contributed by atoms with van der Waals surface area (Å²) in [5.74, 6) is 2.33. The molecule has 76 valence electrons. The fourth-order valence-corrected chi connectivity index (χ4v) is 1.69. The van der Waals surface area contributed by atoms with Crippen molar-refractivity contribution in [2.75, 3.05) is 0 Å². The van der Waals surface area contributed by atoms with Gasteiger partial charge in [-0.15, -0.1) is 12.3 Å². The van der Waals surface area contributed by atoms with Gasteiger partial charge in [-0.3, -0.25) is 14.5 Å². The molecular formula is C11H15NO2. The molecule has 3 nitrogen and oxygen atoms in total. The van der Waals surface area contributed by atoms with Crippen LogP contribution < -0.4 is 0 Å².